The van der Waals surface area contributed by atoms with Crippen molar-refractivity contribution in [2.24, 2.45) is 5.73 Å². The van der Waals surface area contributed by atoms with Crippen LogP contribution in [0.4, 0.5) is 0 Å². The molecule has 22 heavy (non-hydrogen) atoms. The molecule has 0 aliphatic heterocycles. The molecule has 0 fully saturated rings. The largest absolute Gasteiger partial charge is 0.368 e. The molecule has 2 aromatic rings. The van der Waals surface area contributed by atoms with Crippen molar-refractivity contribution in [1.29, 1.82) is 0 Å². The van der Waals surface area contributed by atoms with Crippen LogP contribution in [0.25, 0.3) is 0 Å². The fraction of sp³-hybridized carbons (Fsp3) is 0.133. The van der Waals surface area contributed by atoms with Crippen molar-refractivity contribution in [1.82, 2.24) is 10.3 Å². The van der Waals surface area contributed by atoms with Crippen LogP contribution in [0.15, 0.2) is 42.7 Å². The molecule has 5 nitrogen and oxygen atoms in total. The number of carbonyl (C=O) groups excluding carboxylic acids is 2. The van der Waals surface area contributed by atoms with Crippen molar-refractivity contribution in [3.05, 3.63) is 63.9 Å². The minimum Gasteiger partial charge on any atom is -0.368 e. The Morgan fingerprint density at radius 1 is 1.14 bits per heavy atom. The number of rotatable bonds is 5. The zero-order valence-electron chi connectivity index (χ0n) is 11.4. The zero-order chi connectivity index (χ0) is 16.1. The molecule has 114 valence electrons. The molecule has 0 bridgehead atoms. The third kappa shape index (κ3) is 3.96. The summed E-state index contributed by atoms with van der Waals surface area (Å²) in [5.41, 5.74) is 6.30. The number of nitrogens with two attached hydrogens (primary N) is 1. The Kier molecular flexibility index (Phi) is 5.35. The Morgan fingerprint density at radius 3 is 2.27 bits per heavy atom. The van der Waals surface area contributed by atoms with E-state index in [0.29, 0.717) is 21.2 Å². The zero-order valence-corrected chi connectivity index (χ0v) is 12.9. The summed E-state index contributed by atoms with van der Waals surface area (Å²) in [6.07, 6.45) is 3.09. The van der Waals surface area contributed by atoms with E-state index in [1.165, 1.54) is 24.5 Å². The lowest BCUT2D eigenvalue weighted by molar-refractivity contribution is -0.119. The van der Waals surface area contributed by atoms with Gasteiger partial charge in [0.05, 0.1) is 0 Å². The van der Waals surface area contributed by atoms with Gasteiger partial charge in [-0.05, 0) is 29.8 Å². The standard InChI is InChI=1S/C15H13Cl2N3O2/c16-11-2-1-3-12(17)10(11)8-13(14(18)21)20-15(22)9-4-6-19-7-5-9/h1-7,13H,8H2,(H2,18,21)(H,20,22)/t13-/m0/s1. The highest BCUT2D eigenvalue weighted by atomic mass is 35.5. The van der Waals surface area contributed by atoms with E-state index < -0.39 is 17.9 Å². The van der Waals surface area contributed by atoms with Gasteiger partial charge in [-0.3, -0.25) is 14.6 Å². The molecule has 0 saturated carbocycles. The quantitative estimate of drug-likeness (QED) is 0.877. The molecule has 1 atom stereocenters. The fourth-order valence-corrected chi connectivity index (χ4v) is 2.45. The Hall–Kier alpha value is -2.11. The number of aromatic nitrogens is 1. The van der Waals surface area contributed by atoms with Crippen molar-refractivity contribution in [2.75, 3.05) is 0 Å². The Labute approximate surface area is 137 Å². The number of carbonyl (C=O) groups is 2. The fourth-order valence-electron chi connectivity index (χ4n) is 1.90. The molecule has 1 heterocycles. The number of hydrogen-bond donors (Lipinski definition) is 2. The van der Waals surface area contributed by atoms with E-state index in [1.807, 2.05) is 0 Å². The number of hydrogen-bond acceptors (Lipinski definition) is 3. The number of amides is 2. The first kappa shape index (κ1) is 16.3. The van der Waals surface area contributed by atoms with Crippen LogP contribution in [0, 0.1) is 0 Å². The minimum absolute atomic E-state index is 0.116. The van der Waals surface area contributed by atoms with Crippen LogP contribution in [0.5, 0.6) is 0 Å². The lowest BCUT2D eigenvalue weighted by Crippen LogP contribution is -2.46. The third-order valence-corrected chi connectivity index (χ3v) is 3.77. The Bertz CT molecular complexity index is 672. The van der Waals surface area contributed by atoms with E-state index in [9.17, 15) is 9.59 Å². The highest BCUT2D eigenvalue weighted by Gasteiger charge is 2.21. The molecule has 3 N–H and O–H groups in total. The van der Waals surface area contributed by atoms with E-state index in [1.54, 1.807) is 18.2 Å². The second-order valence-corrected chi connectivity index (χ2v) is 5.38. The van der Waals surface area contributed by atoms with Crippen LogP contribution in [-0.2, 0) is 11.2 Å². The van der Waals surface area contributed by atoms with Crippen LogP contribution in [0.2, 0.25) is 10.0 Å². The molecule has 0 radical (unpaired) electrons. The van der Waals surface area contributed by atoms with Gasteiger partial charge < -0.3 is 11.1 Å². The van der Waals surface area contributed by atoms with E-state index >= 15 is 0 Å². The number of halogens is 2. The molecule has 1 aromatic heterocycles. The van der Waals surface area contributed by atoms with Crippen molar-refractivity contribution in [2.45, 2.75) is 12.5 Å². The Morgan fingerprint density at radius 2 is 1.73 bits per heavy atom. The molecule has 7 heteroatoms. The topological polar surface area (TPSA) is 85.1 Å². The maximum atomic E-state index is 12.1. The molecular weight excluding hydrogens is 325 g/mol. The van der Waals surface area contributed by atoms with Gasteiger partial charge in [-0.1, -0.05) is 29.3 Å². The van der Waals surface area contributed by atoms with Crippen molar-refractivity contribution in [3.8, 4) is 0 Å². The normalized spacial score (nSPS) is 11.7. The van der Waals surface area contributed by atoms with Gasteiger partial charge >= 0.3 is 0 Å². The van der Waals surface area contributed by atoms with E-state index in [-0.39, 0.29) is 6.42 Å². The number of nitrogens with one attached hydrogen (secondary N) is 1. The molecular formula is C15H13Cl2N3O2. The summed E-state index contributed by atoms with van der Waals surface area (Å²) in [6, 6.07) is 7.17. The number of benzene rings is 1. The molecule has 0 unspecified atom stereocenters. The average Bonchev–Trinajstić information content (AvgIpc) is 2.50. The summed E-state index contributed by atoms with van der Waals surface area (Å²) in [4.78, 5) is 27.5. The third-order valence-electron chi connectivity index (χ3n) is 3.06. The van der Waals surface area contributed by atoms with Crippen molar-refractivity contribution in [3.63, 3.8) is 0 Å². The van der Waals surface area contributed by atoms with Crippen LogP contribution < -0.4 is 11.1 Å². The number of nitrogens with zero attached hydrogens (tertiary/aromatic N) is 1. The van der Waals surface area contributed by atoms with E-state index in [2.05, 4.69) is 10.3 Å². The maximum Gasteiger partial charge on any atom is 0.252 e. The second-order valence-electron chi connectivity index (χ2n) is 4.57. The summed E-state index contributed by atoms with van der Waals surface area (Å²) >= 11 is 12.1. The van der Waals surface area contributed by atoms with Crippen LogP contribution in [0.3, 0.4) is 0 Å². The van der Waals surface area contributed by atoms with Gasteiger partial charge in [0.2, 0.25) is 5.91 Å². The lowest BCUT2D eigenvalue weighted by atomic mass is 10.0. The molecule has 0 saturated heterocycles. The van der Waals surface area contributed by atoms with Gasteiger partial charge in [-0.2, -0.15) is 0 Å². The predicted octanol–water partition coefficient (Wildman–Crippen LogP) is 2.21. The average molecular weight is 338 g/mol. The number of pyridine rings is 1. The monoisotopic (exact) mass is 337 g/mol. The van der Waals surface area contributed by atoms with Gasteiger partial charge in [0.1, 0.15) is 6.04 Å². The predicted molar refractivity (Wildman–Crippen MR) is 84.9 cm³/mol. The summed E-state index contributed by atoms with van der Waals surface area (Å²) < 4.78 is 0. The summed E-state index contributed by atoms with van der Waals surface area (Å²) in [5, 5.41) is 3.40. The maximum absolute atomic E-state index is 12.1. The lowest BCUT2D eigenvalue weighted by Gasteiger charge is -2.17. The van der Waals surface area contributed by atoms with Crippen molar-refractivity contribution < 1.29 is 9.59 Å². The highest BCUT2D eigenvalue weighted by Crippen LogP contribution is 2.25. The Balaban J connectivity index is 2.18. The van der Waals surface area contributed by atoms with Gasteiger partial charge in [-0.15, -0.1) is 0 Å². The highest BCUT2D eigenvalue weighted by molar-refractivity contribution is 6.36. The van der Waals surface area contributed by atoms with Gasteiger partial charge in [0.25, 0.3) is 5.91 Å². The summed E-state index contributed by atoms with van der Waals surface area (Å²) in [7, 11) is 0. The summed E-state index contributed by atoms with van der Waals surface area (Å²) in [6.45, 7) is 0. The van der Waals surface area contributed by atoms with Gasteiger partial charge in [-0.25, -0.2) is 0 Å². The number of primary amides is 1. The molecule has 2 rings (SSSR count). The molecule has 0 aliphatic carbocycles. The minimum atomic E-state index is -0.918. The van der Waals surface area contributed by atoms with E-state index in [0.717, 1.165) is 0 Å². The van der Waals surface area contributed by atoms with Crippen LogP contribution >= 0.6 is 23.2 Å². The molecule has 0 spiro atoms. The van der Waals surface area contributed by atoms with E-state index in [4.69, 9.17) is 28.9 Å². The SMILES string of the molecule is NC(=O)[C@H](Cc1c(Cl)cccc1Cl)NC(=O)c1ccncc1. The first-order chi connectivity index (χ1) is 10.5. The van der Waals surface area contributed by atoms with Crippen LogP contribution in [0.1, 0.15) is 15.9 Å². The van der Waals surface area contributed by atoms with Gasteiger partial charge in [0.15, 0.2) is 0 Å². The van der Waals surface area contributed by atoms with Crippen LogP contribution in [-0.4, -0.2) is 22.8 Å². The first-order valence-corrected chi connectivity index (χ1v) is 7.17. The van der Waals surface area contributed by atoms with Crippen molar-refractivity contribution >= 4 is 35.0 Å². The second kappa shape index (κ2) is 7.24. The molecule has 2 amide bonds. The van der Waals surface area contributed by atoms with Gasteiger partial charge in [0, 0.05) is 34.4 Å². The summed E-state index contributed by atoms with van der Waals surface area (Å²) in [5.74, 6) is -1.09. The first-order valence-electron chi connectivity index (χ1n) is 6.42. The molecule has 0 aliphatic rings. The smallest absolute Gasteiger partial charge is 0.252 e. The molecule has 1 aromatic carbocycles.